The van der Waals surface area contributed by atoms with Gasteiger partial charge in [0, 0.05) is 106 Å². The van der Waals surface area contributed by atoms with Crippen LogP contribution in [0.2, 0.25) is 0 Å². The van der Waals surface area contributed by atoms with Gasteiger partial charge in [0.25, 0.3) is 5.91 Å². The van der Waals surface area contributed by atoms with E-state index >= 15 is 0 Å². The van der Waals surface area contributed by atoms with Gasteiger partial charge in [0.1, 0.15) is 30.7 Å². The van der Waals surface area contributed by atoms with Crippen molar-refractivity contribution in [2.45, 2.75) is 121 Å². The lowest BCUT2D eigenvalue weighted by molar-refractivity contribution is -0.159. The number of carbonyl (C=O) groups excluding carboxylic acids is 2. The van der Waals surface area contributed by atoms with Crippen LogP contribution in [0.25, 0.3) is 0 Å². The number of carbonyl (C=O) groups is 2. The Bertz CT molecular complexity index is 2130. The third kappa shape index (κ3) is 10.9. The number of nitrogens with one attached hydrogen (secondary N) is 4. The summed E-state index contributed by atoms with van der Waals surface area (Å²) in [5, 5.41) is 55.2. The Morgan fingerprint density at radius 1 is 0.848 bits per heavy atom. The number of aliphatic hydroxyl groups excluding tert-OH is 4. The van der Waals surface area contributed by atoms with Crippen molar-refractivity contribution in [2.75, 3.05) is 87.0 Å². The van der Waals surface area contributed by atoms with Crippen LogP contribution in [-0.4, -0.2) is 154 Å². The third-order valence-electron chi connectivity index (χ3n) is 14.0. The molecule has 66 heavy (non-hydrogen) atoms. The second-order valence-corrected chi connectivity index (χ2v) is 18.2. The molecule has 2 amide bonds. The zero-order chi connectivity index (χ0) is 46.3. The Morgan fingerprint density at radius 2 is 1.59 bits per heavy atom. The Kier molecular flexibility index (Phi) is 15.8. The number of anilines is 5. The van der Waals surface area contributed by atoms with Crippen LogP contribution in [-0.2, 0) is 16.0 Å². The average Bonchev–Trinajstić information content (AvgIpc) is 3.57. The predicted molar refractivity (Wildman–Crippen MR) is 250 cm³/mol. The summed E-state index contributed by atoms with van der Waals surface area (Å²) in [6.07, 6.45) is 4.33. The zero-order valence-electron chi connectivity index (χ0n) is 38.3. The molecule has 5 atom stereocenters. The van der Waals surface area contributed by atoms with Gasteiger partial charge in [0.05, 0.1) is 24.5 Å². The minimum Gasteiger partial charge on any atom is -0.495 e. The number of ether oxygens (including phenoxy) is 2. The highest BCUT2D eigenvalue weighted by atomic mass is 16.5. The summed E-state index contributed by atoms with van der Waals surface area (Å²) in [7, 11) is 1.66. The molecule has 5 unspecified atom stereocenters. The molecule has 5 aliphatic rings. The molecule has 4 fully saturated rings. The first-order valence-electron chi connectivity index (χ1n) is 23.9. The van der Waals surface area contributed by atoms with Crippen molar-refractivity contribution >= 4 is 40.5 Å². The fourth-order valence-corrected chi connectivity index (χ4v) is 10.2. The number of fused-ring (bicyclic) bond motifs is 1. The standard InChI is InChI=1S/C47H69N11O8/c1-3-35-43(50-29-16-25-66-26-17-29)54-44(41(52-35)42(48)61)51-31-9-11-36(38(28-31)65-2)56-19-14-32(15-20-56)55-21-23-57(24-22-55)40(60)7-5-4-6-18-49-30-8-10-33-34(27-30)47(64)58(46(33)63)37-12-13-39(59)53-45(37)62/h8-11,27-29,32,37,39,45-47,49,53,59,62-64H,3-7,12-26H2,1-2H3,(H2,48,61)(H2,50,51,54). The van der Waals surface area contributed by atoms with Crippen molar-refractivity contribution < 1.29 is 39.5 Å². The summed E-state index contributed by atoms with van der Waals surface area (Å²) in [5.74, 6) is 1.22. The molecule has 4 saturated heterocycles. The second kappa shape index (κ2) is 21.8. The molecule has 10 N–H and O–H groups in total. The van der Waals surface area contributed by atoms with Crippen molar-refractivity contribution in [1.29, 1.82) is 0 Å². The molecule has 0 radical (unpaired) electrons. The number of unbranched alkanes of at least 4 members (excludes halogenated alkanes) is 2. The fourth-order valence-electron chi connectivity index (χ4n) is 10.2. The predicted octanol–water partition coefficient (Wildman–Crippen LogP) is 2.95. The minimum absolute atomic E-state index is 0.0905. The summed E-state index contributed by atoms with van der Waals surface area (Å²) in [6.45, 7) is 9.06. The first kappa shape index (κ1) is 47.6. The molecule has 0 aliphatic carbocycles. The van der Waals surface area contributed by atoms with Gasteiger partial charge in [-0.3, -0.25) is 19.8 Å². The van der Waals surface area contributed by atoms with E-state index in [-0.39, 0.29) is 17.6 Å². The highest BCUT2D eigenvalue weighted by Gasteiger charge is 2.45. The Hall–Kier alpha value is -4.86. The second-order valence-electron chi connectivity index (χ2n) is 18.2. The highest BCUT2D eigenvalue weighted by Crippen LogP contribution is 2.44. The third-order valence-corrected chi connectivity index (χ3v) is 14.0. The molecule has 0 saturated carbocycles. The van der Waals surface area contributed by atoms with Crippen LogP contribution in [0.15, 0.2) is 36.4 Å². The van der Waals surface area contributed by atoms with E-state index in [9.17, 15) is 30.0 Å². The zero-order valence-corrected chi connectivity index (χ0v) is 38.3. The van der Waals surface area contributed by atoms with Gasteiger partial charge in [0.2, 0.25) is 5.91 Å². The largest absolute Gasteiger partial charge is 0.495 e. The number of aryl methyl sites for hydroxylation is 1. The quantitative estimate of drug-likeness (QED) is 0.0884. The topological polar surface area (TPSA) is 246 Å². The molecule has 6 heterocycles. The van der Waals surface area contributed by atoms with E-state index in [0.29, 0.717) is 91.4 Å². The van der Waals surface area contributed by atoms with Crippen LogP contribution in [0.3, 0.4) is 0 Å². The van der Waals surface area contributed by atoms with Crippen LogP contribution >= 0.6 is 0 Å². The summed E-state index contributed by atoms with van der Waals surface area (Å²) in [5.41, 5.74) is 10.3. The smallest absolute Gasteiger partial charge is 0.271 e. The number of hydrogen-bond donors (Lipinski definition) is 9. The van der Waals surface area contributed by atoms with Crippen molar-refractivity contribution in [3.05, 3.63) is 58.9 Å². The number of aromatic nitrogens is 2. The van der Waals surface area contributed by atoms with Crippen LogP contribution in [0, 0.1) is 0 Å². The monoisotopic (exact) mass is 916 g/mol. The fraction of sp³-hybridized carbons (Fsp3) is 0.617. The normalized spacial score (nSPS) is 24.5. The first-order valence-corrected chi connectivity index (χ1v) is 23.9. The maximum Gasteiger partial charge on any atom is 0.271 e. The lowest BCUT2D eigenvalue weighted by Crippen LogP contribution is -2.57. The van der Waals surface area contributed by atoms with Gasteiger partial charge < -0.3 is 61.4 Å². The van der Waals surface area contributed by atoms with Gasteiger partial charge in [-0.15, -0.1) is 0 Å². The Morgan fingerprint density at radius 3 is 2.30 bits per heavy atom. The number of piperazine rings is 1. The molecule has 360 valence electrons. The van der Waals surface area contributed by atoms with E-state index in [4.69, 9.17) is 20.2 Å². The lowest BCUT2D eigenvalue weighted by atomic mass is 10.0. The number of aliphatic hydroxyl groups is 4. The molecule has 1 aromatic heterocycles. The molecule has 0 spiro atoms. The number of nitrogens with zero attached hydrogens (tertiary/aromatic N) is 6. The Labute approximate surface area is 387 Å². The molecule has 0 bridgehead atoms. The number of rotatable bonds is 17. The summed E-state index contributed by atoms with van der Waals surface area (Å²) in [6, 6.07) is 11.6. The van der Waals surface area contributed by atoms with E-state index in [2.05, 4.69) is 36.1 Å². The summed E-state index contributed by atoms with van der Waals surface area (Å²) in [4.78, 5) is 43.5. The number of piperidine rings is 2. The van der Waals surface area contributed by atoms with E-state index in [1.165, 1.54) is 4.90 Å². The van der Waals surface area contributed by atoms with E-state index < -0.39 is 36.9 Å². The van der Waals surface area contributed by atoms with E-state index in [1.807, 2.05) is 42.2 Å². The molecule has 8 rings (SSSR count). The number of amides is 2. The van der Waals surface area contributed by atoms with Crippen molar-refractivity contribution in [3.63, 3.8) is 0 Å². The molecule has 19 heteroatoms. The van der Waals surface area contributed by atoms with Crippen LogP contribution in [0.1, 0.15) is 111 Å². The molecular weight excluding hydrogens is 847 g/mol. The molecule has 3 aromatic rings. The Balaban J connectivity index is 0.748. The highest BCUT2D eigenvalue weighted by molar-refractivity contribution is 5.96. The molecular formula is C47H69N11O8. The summed E-state index contributed by atoms with van der Waals surface area (Å²) >= 11 is 0. The lowest BCUT2D eigenvalue weighted by Gasteiger charge is -2.43. The average molecular weight is 916 g/mol. The molecule has 2 aromatic carbocycles. The molecule has 19 nitrogen and oxygen atoms in total. The van der Waals surface area contributed by atoms with Crippen LogP contribution < -0.4 is 36.6 Å². The number of methoxy groups -OCH3 is 1. The van der Waals surface area contributed by atoms with Gasteiger partial charge in [-0.2, -0.15) is 0 Å². The number of benzene rings is 2. The SMILES string of the molecule is CCc1nc(C(N)=O)c(Nc2ccc(N3CCC(N4CCN(C(=O)CCCCCNc5ccc6c(c5)C(O)N(C5CCC(O)NC5O)C6O)CC4)CC3)c(OC)c2)nc1NC1CCOCC1. The van der Waals surface area contributed by atoms with Gasteiger partial charge in [-0.25, -0.2) is 14.9 Å². The van der Waals surface area contributed by atoms with Crippen molar-refractivity contribution in [1.82, 2.24) is 30.0 Å². The number of primary amides is 1. The first-order chi connectivity index (χ1) is 32.0. The van der Waals surface area contributed by atoms with Crippen LogP contribution in [0.5, 0.6) is 5.75 Å². The van der Waals surface area contributed by atoms with Gasteiger partial charge in [-0.1, -0.05) is 19.4 Å². The summed E-state index contributed by atoms with van der Waals surface area (Å²) < 4.78 is 11.4. The van der Waals surface area contributed by atoms with Gasteiger partial charge >= 0.3 is 0 Å². The number of nitrogens with two attached hydrogens (primary N) is 1. The number of hydrogen-bond acceptors (Lipinski definition) is 17. The van der Waals surface area contributed by atoms with Crippen LogP contribution in [0.4, 0.5) is 28.7 Å². The van der Waals surface area contributed by atoms with Crippen molar-refractivity contribution in [3.8, 4) is 5.75 Å². The van der Waals surface area contributed by atoms with E-state index in [1.54, 1.807) is 13.2 Å². The van der Waals surface area contributed by atoms with Gasteiger partial charge in [-0.05, 0) is 82.1 Å². The minimum atomic E-state index is -1.08. The maximum atomic E-state index is 13.2. The molecule has 5 aliphatic heterocycles. The van der Waals surface area contributed by atoms with Crippen molar-refractivity contribution in [2.24, 2.45) is 5.73 Å². The van der Waals surface area contributed by atoms with Gasteiger partial charge in [0.15, 0.2) is 17.3 Å². The maximum absolute atomic E-state index is 13.2. The van der Waals surface area contributed by atoms with E-state index in [0.717, 1.165) is 95.6 Å².